The van der Waals surface area contributed by atoms with Crippen LogP contribution in [0.25, 0.3) is 0 Å². The highest BCUT2D eigenvalue weighted by Gasteiger charge is 2.15. The van der Waals surface area contributed by atoms with E-state index in [1.54, 1.807) is 11.3 Å². The second-order valence-electron chi connectivity index (χ2n) is 4.52. The van der Waals surface area contributed by atoms with E-state index in [1.807, 2.05) is 17.8 Å². The van der Waals surface area contributed by atoms with Gasteiger partial charge in [-0.15, -0.1) is 11.3 Å². The summed E-state index contributed by atoms with van der Waals surface area (Å²) in [5.41, 5.74) is 3.61. The van der Waals surface area contributed by atoms with Crippen molar-refractivity contribution in [3.05, 3.63) is 38.3 Å². The minimum atomic E-state index is 0.291. The topological polar surface area (TPSA) is 29.9 Å². The molecule has 0 aliphatic rings. The SMILES string of the molecule is Cc1nn(C)c(C)c1C(C)NCc1ccc(Cl)s1. The predicted molar refractivity (Wildman–Crippen MR) is 77.3 cm³/mol. The number of hydrogen-bond acceptors (Lipinski definition) is 3. The third-order valence-electron chi connectivity index (χ3n) is 3.21. The van der Waals surface area contributed by atoms with Crippen molar-refractivity contribution in [1.82, 2.24) is 15.1 Å². The maximum Gasteiger partial charge on any atom is 0.0931 e. The molecule has 0 fully saturated rings. The summed E-state index contributed by atoms with van der Waals surface area (Å²) in [6, 6.07) is 4.30. The summed E-state index contributed by atoms with van der Waals surface area (Å²) >= 11 is 7.54. The first-order valence-electron chi connectivity index (χ1n) is 5.96. The predicted octanol–water partition coefficient (Wildman–Crippen LogP) is 3.60. The molecule has 2 aromatic rings. The van der Waals surface area contributed by atoms with Crippen LogP contribution < -0.4 is 5.32 Å². The fourth-order valence-electron chi connectivity index (χ4n) is 2.22. The van der Waals surface area contributed by atoms with Crippen molar-refractivity contribution in [2.45, 2.75) is 33.4 Å². The van der Waals surface area contributed by atoms with Gasteiger partial charge < -0.3 is 5.32 Å². The first-order chi connectivity index (χ1) is 8.49. The lowest BCUT2D eigenvalue weighted by Crippen LogP contribution is -2.18. The van der Waals surface area contributed by atoms with E-state index < -0.39 is 0 Å². The molecule has 2 rings (SSSR count). The van der Waals surface area contributed by atoms with Crippen LogP contribution >= 0.6 is 22.9 Å². The van der Waals surface area contributed by atoms with Crippen LogP contribution in [0.4, 0.5) is 0 Å². The Morgan fingerprint density at radius 3 is 2.67 bits per heavy atom. The van der Waals surface area contributed by atoms with Crippen LogP contribution in [-0.2, 0) is 13.6 Å². The lowest BCUT2D eigenvalue weighted by atomic mass is 10.1. The summed E-state index contributed by atoms with van der Waals surface area (Å²) in [6.07, 6.45) is 0. The summed E-state index contributed by atoms with van der Waals surface area (Å²) in [4.78, 5) is 1.26. The molecule has 2 heterocycles. The number of aryl methyl sites for hydroxylation is 2. The second-order valence-corrected chi connectivity index (χ2v) is 6.32. The minimum Gasteiger partial charge on any atom is -0.305 e. The standard InChI is InChI=1S/C13H18ClN3S/c1-8(13-9(2)16-17(4)10(13)3)15-7-11-5-6-12(14)18-11/h5-6,8,15H,7H2,1-4H3. The van der Waals surface area contributed by atoms with Crippen LogP contribution in [0.5, 0.6) is 0 Å². The number of nitrogens with zero attached hydrogens (tertiary/aromatic N) is 2. The largest absolute Gasteiger partial charge is 0.305 e. The number of aromatic nitrogens is 2. The van der Waals surface area contributed by atoms with Crippen molar-refractivity contribution in [1.29, 1.82) is 0 Å². The molecule has 0 spiro atoms. The molecule has 1 atom stereocenters. The highest BCUT2D eigenvalue weighted by molar-refractivity contribution is 7.16. The van der Waals surface area contributed by atoms with Crippen LogP contribution in [0.3, 0.4) is 0 Å². The molecule has 98 valence electrons. The third kappa shape index (κ3) is 2.76. The van der Waals surface area contributed by atoms with Crippen LogP contribution in [0, 0.1) is 13.8 Å². The molecule has 5 heteroatoms. The highest BCUT2D eigenvalue weighted by Crippen LogP contribution is 2.24. The summed E-state index contributed by atoms with van der Waals surface area (Å²) in [5, 5.41) is 7.97. The molecule has 3 nitrogen and oxygen atoms in total. The molecule has 18 heavy (non-hydrogen) atoms. The van der Waals surface area contributed by atoms with Gasteiger partial charge in [0.05, 0.1) is 10.0 Å². The molecule has 1 unspecified atom stereocenters. The van der Waals surface area contributed by atoms with Crippen molar-refractivity contribution in [2.24, 2.45) is 7.05 Å². The Labute approximate surface area is 117 Å². The number of hydrogen-bond donors (Lipinski definition) is 1. The van der Waals surface area contributed by atoms with E-state index >= 15 is 0 Å². The van der Waals surface area contributed by atoms with Gasteiger partial charge in [0, 0.05) is 35.8 Å². The third-order valence-corrected chi connectivity index (χ3v) is 4.44. The summed E-state index contributed by atoms with van der Waals surface area (Å²) < 4.78 is 2.78. The van der Waals surface area contributed by atoms with Gasteiger partial charge >= 0.3 is 0 Å². The first kappa shape index (κ1) is 13.6. The van der Waals surface area contributed by atoms with Crippen LogP contribution in [0.15, 0.2) is 12.1 Å². The Morgan fingerprint density at radius 1 is 1.44 bits per heavy atom. The molecule has 0 saturated heterocycles. The first-order valence-corrected chi connectivity index (χ1v) is 7.16. The van der Waals surface area contributed by atoms with Crippen molar-refractivity contribution < 1.29 is 0 Å². The quantitative estimate of drug-likeness (QED) is 0.929. The number of thiophene rings is 1. The Balaban J connectivity index is 2.05. The Kier molecular flexibility index (Phi) is 4.10. The molecule has 0 bridgehead atoms. The van der Waals surface area contributed by atoms with Crippen molar-refractivity contribution in [3.8, 4) is 0 Å². The lowest BCUT2D eigenvalue weighted by molar-refractivity contribution is 0.572. The van der Waals surface area contributed by atoms with E-state index in [-0.39, 0.29) is 0 Å². The molecule has 0 aliphatic heterocycles. The maximum atomic E-state index is 5.92. The molecular weight excluding hydrogens is 266 g/mol. The van der Waals surface area contributed by atoms with Gasteiger partial charge in [-0.25, -0.2) is 0 Å². The number of nitrogens with one attached hydrogen (secondary N) is 1. The number of halogens is 1. The van der Waals surface area contributed by atoms with Gasteiger partial charge in [0.2, 0.25) is 0 Å². The zero-order valence-corrected chi connectivity index (χ0v) is 12.7. The van der Waals surface area contributed by atoms with Gasteiger partial charge in [0.15, 0.2) is 0 Å². The van der Waals surface area contributed by atoms with E-state index in [4.69, 9.17) is 11.6 Å². The molecule has 0 saturated carbocycles. The summed E-state index contributed by atoms with van der Waals surface area (Å²) in [5.74, 6) is 0. The van der Waals surface area contributed by atoms with E-state index in [9.17, 15) is 0 Å². The van der Waals surface area contributed by atoms with Gasteiger partial charge in [0.1, 0.15) is 0 Å². The average Bonchev–Trinajstić information content (AvgIpc) is 2.82. The molecular formula is C13H18ClN3S. The normalized spacial score (nSPS) is 12.9. The Hall–Kier alpha value is -0.840. The minimum absolute atomic E-state index is 0.291. The van der Waals surface area contributed by atoms with Crippen LogP contribution in [0.2, 0.25) is 4.34 Å². The molecule has 1 N–H and O–H groups in total. The Morgan fingerprint density at radius 2 is 2.17 bits per heavy atom. The van der Waals surface area contributed by atoms with Crippen molar-refractivity contribution in [2.75, 3.05) is 0 Å². The van der Waals surface area contributed by atoms with Gasteiger partial charge in [0.25, 0.3) is 0 Å². The van der Waals surface area contributed by atoms with Crippen molar-refractivity contribution >= 4 is 22.9 Å². The molecule has 2 aromatic heterocycles. The maximum absolute atomic E-state index is 5.92. The highest BCUT2D eigenvalue weighted by atomic mass is 35.5. The molecule has 0 aliphatic carbocycles. The zero-order chi connectivity index (χ0) is 13.3. The Bertz CT molecular complexity index is 544. The zero-order valence-electron chi connectivity index (χ0n) is 11.1. The van der Waals surface area contributed by atoms with Crippen LogP contribution in [0.1, 0.15) is 34.8 Å². The van der Waals surface area contributed by atoms with E-state index in [2.05, 4.69) is 37.3 Å². The lowest BCUT2D eigenvalue weighted by Gasteiger charge is -2.14. The van der Waals surface area contributed by atoms with Gasteiger partial charge in [-0.1, -0.05) is 11.6 Å². The average molecular weight is 284 g/mol. The van der Waals surface area contributed by atoms with E-state index in [1.165, 1.54) is 16.1 Å². The van der Waals surface area contributed by atoms with Gasteiger partial charge in [-0.05, 0) is 32.9 Å². The summed E-state index contributed by atoms with van der Waals surface area (Å²) in [7, 11) is 1.98. The smallest absolute Gasteiger partial charge is 0.0931 e. The van der Waals surface area contributed by atoms with E-state index in [0.29, 0.717) is 6.04 Å². The van der Waals surface area contributed by atoms with Gasteiger partial charge in [-0.2, -0.15) is 5.10 Å². The van der Waals surface area contributed by atoms with E-state index in [0.717, 1.165) is 16.6 Å². The molecule has 0 aromatic carbocycles. The van der Waals surface area contributed by atoms with Crippen LogP contribution in [-0.4, -0.2) is 9.78 Å². The number of rotatable bonds is 4. The fraction of sp³-hybridized carbons (Fsp3) is 0.462. The van der Waals surface area contributed by atoms with Crippen molar-refractivity contribution in [3.63, 3.8) is 0 Å². The molecule has 0 amide bonds. The monoisotopic (exact) mass is 283 g/mol. The summed E-state index contributed by atoms with van der Waals surface area (Å²) in [6.45, 7) is 7.18. The second kappa shape index (κ2) is 5.43. The molecule has 0 radical (unpaired) electrons. The fourth-order valence-corrected chi connectivity index (χ4v) is 3.26. The van der Waals surface area contributed by atoms with Gasteiger partial charge in [-0.3, -0.25) is 4.68 Å².